The maximum absolute atomic E-state index is 13.3. The van der Waals surface area contributed by atoms with E-state index in [1.54, 1.807) is 40.7 Å². The third-order valence-electron chi connectivity index (χ3n) is 8.37. The van der Waals surface area contributed by atoms with Gasteiger partial charge in [-0.25, -0.2) is 30.1 Å². The smallest absolute Gasteiger partial charge is 0.269 e. The number of hydrogen-bond donors (Lipinski definition) is 1. The third kappa shape index (κ3) is 5.48. The van der Waals surface area contributed by atoms with E-state index in [0.717, 1.165) is 42.6 Å². The van der Waals surface area contributed by atoms with Gasteiger partial charge in [0, 0.05) is 44.0 Å². The van der Waals surface area contributed by atoms with E-state index in [1.807, 2.05) is 14.1 Å². The van der Waals surface area contributed by atoms with Crippen molar-refractivity contribution in [2.45, 2.75) is 43.0 Å². The monoisotopic (exact) mass is 584 g/mol. The van der Waals surface area contributed by atoms with E-state index in [9.17, 15) is 22.1 Å². The van der Waals surface area contributed by atoms with Crippen molar-refractivity contribution in [3.8, 4) is 6.07 Å². The molecule has 2 aromatic heterocycles. The molecule has 1 aromatic carbocycles. The van der Waals surface area contributed by atoms with Gasteiger partial charge < -0.3 is 10.2 Å². The van der Waals surface area contributed by atoms with Crippen molar-refractivity contribution in [2.24, 2.45) is 11.8 Å². The second-order valence-corrected chi connectivity index (χ2v) is 14.8. The van der Waals surface area contributed by atoms with Gasteiger partial charge in [0.2, 0.25) is 10.0 Å². The number of nitrogens with zero attached hydrogens (tertiary/aromatic N) is 5. The molecule has 0 bridgehead atoms. The lowest BCUT2D eigenvalue weighted by Gasteiger charge is -2.36. The van der Waals surface area contributed by atoms with Crippen molar-refractivity contribution in [3.05, 3.63) is 54.4 Å². The first kappa shape index (κ1) is 28.5. The van der Waals surface area contributed by atoms with E-state index in [-0.39, 0.29) is 28.3 Å². The molecule has 3 aromatic rings. The molecular formula is C28H36N6O4S2. The van der Waals surface area contributed by atoms with Gasteiger partial charge in [-0.2, -0.15) is 5.26 Å². The number of nitrogens with one attached hydrogen (secondary N) is 1. The van der Waals surface area contributed by atoms with Crippen LogP contribution >= 0.6 is 0 Å². The van der Waals surface area contributed by atoms with Crippen molar-refractivity contribution < 1.29 is 16.8 Å². The summed E-state index contributed by atoms with van der Waals surface area (Å²) in [4.78, 5) is 6.57. The van der Waals surface area contributed by atoms with Gasteiger partial charge in [-0.1, -0.05) is 18.2 Å². The molecule has 1 aliphatic carbocycles. The minimum Gasteiger partial charge on any atom is -0.370 e. The van der Waals surface area contributed by atoms with Gasteiger partial charge in [-0.05, 0) is 75.7 Å². The van der Waals surface area contributed by atoms with Crippen LogP contribution in [0.2, 0.25) is 0 Å². The number of pyridine rings is 1. The van der Waals surface area contributed by atoms with E-state index >= 15 is 0 Å². The molecule has 0 radical (unpaired) electrons. The van der Waals surface area contributed by atoms with Gasteiger partial charge in [-0.3, -0.25) is 0 Å². The summed E-state index contributed by atoms with van der Waals surface area (Å²) in [5, 5.41) is 13.6. The number of anilines is 1. The zero-order valence-electron chi connectivity index (χ0n) is 22.9. The SMILES string of the molecule is CNCC1CCN(S(=O)(=O)CC2CCC(N(C)c3c(C#N)cnc4c3ccn4S(=O)(=O)c3ccccc3)CC2)C1. The van der Waals surface area contributed by atoms with E-state index < -0.39 is 20.0 Å². The zero-order chi connectivity index (χ0) is 28.5. The van der Waals surface area contributed by atoms with Gasteiger partial charge >= 0.3 is 0 Å². The first-order chi connectivity index (χ1) is 19.2. The summed E-state index contributed by atoms with van der Waals surface area (Å²) in [5.41, 5.74) is 1.30. The molecule has 12 heteroatoms. The van der Waals surface area contributed by atoms with Gasteiger partial charge in [0.1, 0.15) is 6.07 Å². The topological polar surface area (TPSA) is 128 Å². The van der Waals surface area contributed by atoms with Crippen LogP contribution in [-0.4, -0.2) is 75.6 Å². The Hall–Kier alpha value is -2.98. The molecule has 1 saturated carbocycles. The van der Waals surface area contributed by atoms with E-state index in [2.05, 4.69) is 21.3 Å². The second-order valence-electron chi connectivity index (χ2n) is 10.9. The Morgan fingerprint density at radius 3 is 2.45 bits per heavy atom. The molecule has 2 aliphatic rings. The number of nitriles is 1. The Labute approximate surface area is 236 Å². The predicted molar refractivity (Wildman–Crippen MR) is 155 cm³/mol. The van der Waals surface area contributed by atoms with Crippen LogP contribution in [0, 0.1) is 23.2 Å². The predicted octanol–water partition coefficient (Wildman–Crippen LogP) is 3.01. The number of aromatic nitrogens is 2. The molecule has 1 N–H and O–H groups in total. The molecule has 5 rings (SSSR count). The molecule has 1 saturated heterocycles. The van der Waals surface area contributed by atoms with Crippen molar-refractivity contribution in [1.29, 1.82) is 5.26 Å². The van der Waals surface area contributed by atoms with Crippen LogP contribution < -0.4 is 10.2 Å². The van der Waals surface area contributed by atoms with Crippen LogP contribution in [0.3, 0.4) is 0 Å². The van der Waals surface area contributed by atoms with Gasteiger partial charge in [0.05, 0.1) is 21.9 Å². The molecular weight excluding hydrogens is 548 g/mol. The fourth-order valence-electron chi connectivity index (χ4n) is 6.20. The summed E-state index contributed by atoms with van der Waals surface area (Å²) < 4.78 is 55.7. The number of fused-ring (bicyclic) bond motifs is 1. The highest BCUT2D eigenvalue weighted by Crippen LogP contribution is 2.37. The van der Waals surface area contributed by atoms with Crippen LogP contribution in [0.25, 0.3) is 11.0 Å². The van der Waals surface area contributed by atoms with Crippen molar-refractivity contribution in [1.82, 2.24) is 18.6 Å². The van der Waals surface area contributed by atoms with Crippen molar-refractivity contribution in [2.75, 3.05) is 44.4 Å². The molecule has 10 nitrogen and oxygen atoms in total. The lowest BCUT2D eigenvalue weighted by molar-refractivity contribution is 0.336. The van der Waals surface area contributed by atoms with Gasteiger partial charge in [0.15, 0.2) is 5.65 Å². The number of hydrogen-bond acceptors (Lipinski definition) is 8. The average molecular weight is 585 g/mol. The first-order valence-corrected chi connectivity index (χ1v) is 16.8. The molecule has 40 heavy (non-hydrogen) atoms. The highest BCUT2D eigenvalue weighted by Gasteiger charge is 2.35. The average Bonchev–Trinajstić information content (AvgIpc) is 3.61. The minimum absolute atomic E-state index is 0.0949. The maximum atomic E-state index is 13.3. The molecule has 1 unspecified atom stereocenters. The van der Waals surface area contributed by atoms with E-state index in [0.29, 0.717) is 35.6 Å². The number of benzene rings is 1. The second kappa shape index (κ2) is 11.5. The molecule has 0 spiro atoms. The number of rotatable bonds is 9. The highest BCUT2D eigenvalue weighted by molar-refractivity contribution is 7.90. The zero-order valence-corrected chi connectivity index (χ0v) is 24.5. The molecule has 2 fully saturated rings. The summed E-state index contributed by atoms with van der Waals surface area (Å²) in [6.07, 6.45) is 6.95. The molecule has 214 valence electrons. The van der Waals surface area contributed by atoms with Crippen LogP contribution in [0.5, 0.6) is 0 Å². The van der Waals surface area contributed by atoms with E-state index in [4.69, 9.17) is 0 Å². The Morgan fingerprint density at radius 1 is 1.05 bits per heavy atom. The summed E-state index contributed by atoms with van der Waals surface area (Å²) >= 11 is 0. The minimum atomic E-state index is -3.86. The quantitative estimate of drug-likeness (QED) is 0.407. The summed E-state index contributed by atoms with van der Waals surface area (Å²) in [5.74, 6) is 0.648. The molecule has 1 aliphatic heterocycles. The largest absolute Gasteiger partial charge is 0.370 e. The maximum Gasteiger partial charge on any atom is 0.269 e. The summed E-state index contributed by atoms with van der Waals surface area (Å²) in [7, 11) is -3.34. The Kier molecular flexibility index (Phi) is 8.20. The fourth-order valence-corrected chi connectivity index (χ4v) is 9.48. The Balaban J connectivity index is 1.32. The Bertz CT molecular complexity index is 1610. The lowest BCUT2D eigenvalue weighted by Crippen LogP contribution is -2.39. The third-order valence-corrected chi connectivity index (χ3v) is 12.1. The van der Waals surface area contributed by atoms with Crippen LogP contribution in [0.1, 0.15) is 37.7 Å². The van der Waals surface area contributed by atoms with Crippen LogP contribution in [0.15, 0.2) is 53.7 Å². The van der Waals surface area contributed by atoms with Crippen LogP contribution in [-0.2, 0) is 20.0 Å². The van der Waals surface area contributed by atoms with Crippen molar-refractivity contribution in [3.63, 3.8) is 0 Å². The normalized spacial score (nSPS) is 22.4. The Morgan fingerprint density at radius 2 is 1.77 bits per heavy atom. The standard InChI is InChI=1S/C28H36N6O4S2/c1-30-17-22-12-14-33(19-22)39(35,36)20-21-8-10-24(11-9-21)32(2)27-23(16-29)18-31-28-26(27)13-15-34(28)40(37,38)25-6-4-3-5-7-25/h3-7,13,15,18,21-22,24,30H,8-12,14,17,19-20H2,1-2H3. The van der Waals surface area contributed by atoms with Crippen molar-refractivity contribution >= 4 is 36.8 Å². The molecule has 3 heterocycles. The van der Waals surface area contributed by atoms with E-state index in [1.165, 1.54) is 12.4 Å². The highest BCUT2D eigenvalue weighted by atomic mass is 32.2. The summed E-state index contributed by atoms with van der Waals surface area (Å²) in [6, 6.07) is 12.2. The summed E-state index contributed by atoms with van der Waals surface area (Å²) in [6.45, 7) is 2.02. The van der Waals surface area contributed by atoms with Gasteiger partial charge in [0.25, 0.3) is 10.0 Å². The van der Waals surface area contributed by atoms with Gasteiger partial charge in [-0.15, -0.1) is 0 Å². The lowest BCUT2D eigenvalue weighted by atomic mass is 9.86. The van der Waals surface area contributed by atoms with Crippen LogP contribution in [0.4, 0.5) is 5.69 Å². The molecule has 1 atom stereocenters. The molecule has 0 amide bonds. The fraction of sp³-hybridized carbons (Fsp3) is 0.500. The first-order valence-electron chi connectivity index (χ1n) is 13.7. The number of sulfonamides is 1.